The van der Waals surface area contributed by atoms with E-state index in [1.807, 2.05) is 42.5 Å². The average Bonchev–Trinajstić information content (AvgIpc) is 3.33. The molecule has 2 aromatic carbocycles. The van der Waals surface area contributed by atoms with Crippen molar-refractivity contribution in [3.63, 3.8) is 0 Å². The smallest absolute Gasteiger partial charge is 0.326 e. The first-order chi connectivity index (χ1) is 17.9. The summed E-state index contributed by atoms with van der Waals surface area (Å²) >= 11 is 6.02. The Morgan fingerprint density at radius 2 is 1.86 bits per heavy atom. The van der Waals surface area contributed by atoms with E-state index in [1.165, 1.54) is 4.90 Å². The number of nitrogens with one attached hydrogen (secondary N) is 1. The van der Waals surface area contributed by atoms with Gasteiger partial charge in [0.1, 0.15) is 11.7 Å². The first-order valence-corrected chi connectivity index (χ1v) is 12.9. The number of carbonyl (C=O) groups is 3. The molecule has 2 N–H and O–H groups in total. The van der Waals surface area contributed by atoms with E-state index in [2.05, 4.69) is 12.2 Å². The Balaban J connectivity index is 1.51. The molecular formula is C28H31ClN4O4. The zero-order chi connectivity index (χ0) is 26.4. The van der Waals surface area contributed by atoms with E-state index < -0.39 is 17.9 Å². The van der Waals surface area contributed by atoms with E-state index in [1.54, 1.807) is 22.9 Å². The van der Waals surface area contributed by atoms with E-state index in [4.69, 9.17) is 16.7 Å². The number of benzene rings is 2. The van der Waals surface area contributed by atoms with E-state index in [0.29, 0.717) is 23.0 Å². The van der Waals surface area contributed by atoms with Gasteiger partial charge in [0.2, 0.25) is 5.91 Å². The summed E-state index contributed by atoms with van der Waals surface area (Å²) in [6.45, 7) is 2.25. The molecular weight excluding hydrogens is 492 g/mol. The lowest BCUT2D eigenvalue weighted by molar-refractivity contribution is -0.141. The van der Waals surface area contributed by atoms with Gasteiger partial charge in [-0.3, -0.25) is 14.3 Å². The Morgan fingerprint density at radius 3 is 2.54 bits per heavy atom. The number of halogens is 1. The van der Waals surface area contributed by atoms with Gasteiger partial charge in [-0.05, 0) is 30.2 Å². The van der Waals surface area contributed by atoms with Gasteiger partial charge in [0.05, 0.1) is 18.3 Å². The summed E-state index contributed by atoms with van der Waals surface area (Å²) in [6.07, 6.45) is 4.08. The van der Waals surface area contributed by atoms with Gasteiger partial charge in [0, 0.05) is 23.6 Å². The molecule has 0 fully saturated rings. The van der Waals surface area contributed by atoms with Crippen LogP contribution < -0.4 is 5.32 Å². The lowest BCUT2D eigenvalue weighted by Crippen LogP contribution is -2.51. The fourth-order valence-corrected chi connectivity index (χ4v) is 4.74. The lowest BCUT2D eigenvalue weighted by Gasteiger charge is -2.33. The van der Waals surface area contributed by atoms with Crippen molar-refractivity contribution >= 4 is 29.4 Å². The number of amides is 2. The lowest BCUT2D eigenvalue weighted by atomic mass is 10.0. The van der Waals surface area contributed by atoms with Crippen LogP contribution in [0.3, 0.4) is 0 Å². The maximum atomic E-state index is 13.4. The summed E-state index contributed by atoms with van der Waals surface area (Å²) in [5, 5.41) is 17.6. The third-order valence-electron chi connectivity index (χ3n) is 6.55. The second-order valence-electron chi connectivity index (χ2n) is 9.35. The number of carboxylic acids is 1. The minimum Gasteiger partial charge on any atom is -0.480 e. The summed E-state index contributed by atoms with van der Waals surface area (Å²) in [6, 6.07) is 17.0. The summed E-state index contributed by atoms with van der Waals surface area (Å²) < 4.78 is 1.78. The van der Waals surface area contributed by atoms with Crippen molar-refractivity contribution in [1.82, 2.24) is 20.0 Å². The van der Waals surface area contributed by atoms with Crippen LogP contribution in [0.15, 0.2) is 60.7 Å². The summed E-state index contributed by atoms with van der Waals surface area (Å²) in [5.41, 5.74) is 2.74. The van der Waals surface area contributed by atoms with Crippen molar-refractivity contribution in [2.24, 2.45) is 0 Å². The molecule has 1 aromatic heterocycles. The number of carbonyl (C=O) groups excluding carboxylic acids is 2. The predicted octanol–water partition coefficient (Wildman–Crippen LogP) is 4.59. The van der Waals surface area contributed by atoms with Gasteiger partial charge in [-0.15, -0.1) is 0 Å². The largest absolute Gasteiger partial charge is 0.480 e. The van der Waals surface area contributed by atoms with E-state index in [0.717, 1.165) is 36.8 Å². The molecule has 2 heterocycles. The van der Waals surface area contributed by atoms with Crippen molar-refractivity contribution in [2.45, 2.75) is 51.1 Å². The summed E-state index contributed by atoms with van der Waals surface area (Å²) in [7, 11) is 0. The SMILES string of the molecule is CCCCCC1CN(CC(=O)NC(Cc2ccccc2)C(=O)O)C(=O)c2cc(-c3ccc(Cl)cc3)nn21. The average molecular weight is 523 g/mol. The number of hydrogen-bond donors (Lipinski definition) is 2. The zero-order valence-electron chi connectivity index (χ0n) is 20.8. The number of aromatic nitrogens is 2. The van der Waals surface area contributed by atoms with E-state index in [-0.39, 0.29) is 24.9 Å². The first-order valence-electron chi connectivity index (χ1n) is 12.6. The molecule has 1 aliphatic rings. The van der Waals surface area contributed by atoms with Gasteiger partial charge < -0.3 is 15.3 Å². The Kier molecular flexibility index (Phi) is 8.61. The second kappa shape index (κ2) is 12.1. The van der Waals surface area contributed by atoms with Crippen LogP contribution in [0.5, 0.6) is 0 Å². The molecule has 0 bridgehead atoms. The van der Waals surface area contributed by atoms with Gasteiger partial charge in [-0.2, -0.15) is 5.10 Å². The molecule has 8 nitrogen and oxygen atoms in total. The third kappa shape index (κ3) is 6.57. The number of unbranched alkanes of at least 4 members (excludes halogenated alkanes) is 2. The summed E-state index contributed by atoms with van der Waals surface area (Å²) in [4.78, 5) is 39.6. The Labute approximate surface area is 221 Å². The van der Waals surface area contributed by atoms with E-state index in [9.17, 15) is 19.5 Å². The molecule has 194 valence electrons. The number of nitrogens with zero attached hydrogens (tertiary/aromatic N) is 3. The van der Waals surface area contributed by atoms with Gasteiger partial charge >= 0.3 is 5.97 Å². The Hall–Kier alpha value is -3.65. The van der Waals surface area contributed by atoms with Crippen molar-refractivity contribution in [1.29, 1.82) is 0 Å². The van der Waals surface area contributed by atoms with Crippen LogP contribution in [0.2, 0.25) is 5.02 Å². The maximum absolute atomic E-state index is 13.4. The quantitative estimate of drug-likeness (QED) is 0.358. The van der Waals surface area contributed by atoms with Gasteiger partial charge in [0.15, 0.2) is 0 Å². The molecule has 0 saturated carbocycles. The highest BCUT2D eigenvalue weighted by atomic mass is 35.5. The third-order valence-corrected chi connectivity index (χ3v) is 6.80. The van der Waals surface area contributed by atoms with Crippen LogP contribution in [-0.2, 0) is 16.0 Å². The molecule has 1 aliphatic heterocycles. The normalized spacial score (nSPS) is 15.8. The Bertz CT molecular complexity index is 1240. The van der Waals surface area contributed by atoms with Crippen LogP contribution in [0.25, 0.3) is 11.3 Å². The molecule has 2 unspecified atom stereocenters. The van der Waals surface area contributed by atoms with Gasteiger partial charge in [0.25, 0.3) is 5.91 Å². The van der Waals surface area contributed by atoms with Crippen molar-refractivity contribution in [3.05, 3.63) is 76.9 Å². The fourth-order valence-electron chi connectivity index (χ4n) is 4.61. The molecule has 37 heavy (non-hydrogen) atoms. The van der Waals surface area contributed by atoms with Crippen LogP contribution in [0.1, 0.15) is 54.7 Å². The van der Waals surface area contributed by atoms with Crippen molar-refractivity contribution in [2.75, 3.05) is 13.1 Å². The van der Waals surface area contributed by atoms with Crippen LogP contribution >= 0.6 is 11.6 Å². The monoisotopic (exact) mass is 522 g/mol. The number of hydrogen-bond acceptors (Lipinski definition) is 4. The summed E-state index contributed by atoms with van der Waals surface area (Å²) in [5.74, 6) is -1.93. The highest BCUT2D eigenvalue weighted by Gasteiger charge is 2.34. The van der Waals surface area contributed by atoms with Crippen molar-refractivity contribution < 1.29 is 19.5 Å². The molecule has 3 aromatic rings. The number of aliphatic carboxylic acids is 1. The maximum Gasteiger partial charge on any atom is 0.326 e. The molecule has 4 rings (SSSR count). The van der Waals surface area contributed by atoms with Gasteiger partial charge in [-0.1, -0.05) is 80.3 Å². The van der Waals surface area contributed by atoms with Crippen LogP contribution in [0, 0.1) is 0 Å². The first kappa shape index (κ1) is 26.4. The topological polar surface area (TPSA) is 105 Å². The minimum absolute atomic E-state index is 0.0762. The Morgan fingerprint density at radius 1 is 1.14 bits per heavy atom. The molecule has 2 atom stereocenters. The van der Waals surface area contributed by atoms with Crippen LogP contribution in [0.4, 0.5) is 0 Å². The fraction of sp³-hybridized carbons (Fsp3) is 0.357. The number of carboxylic acid groups (broad SMARTS) is 1. The second-order valence-corrected chi connectivity index (χ2v) is 9.79. The van der Waals surface area contributed by atoms with E-state index >= 15 is 0 Å². The molecule has 0 spiro atoms. The number of rotatable bonds is 11. The standard InChI is InChI=1S/C28H31ClN4O4/c1-2-3-5-10-22-17-32(18-26(34)30-24(28(36)37)15-19-8-6-4-7-9-19)27(35)25-16-23(31-33(22)25)20-11-13-21(29)14-12-20/h4,6-9,11-14,16,22,24H,2-3,5,10,15,17-18H2,1H3,(H,30,34)(H,36,37). The van der Waals surface area contributed by atoms with Crippen molar-refractivity contribution in [3.8, 4) is 11.3 Å². The molecule has 0 aliphatic carbocycles. The zero-order valence-corrected chi connectivity index (χ0v) is 21.5. The molecule has 0 saturated heterocycles. The number of fused-ring (bicyclic) bond motifs is 1. The molecule has 2 amide bonds. The predicted molar refractivity (Wildman–Crippen MR) is 141 cm³/mol. The van der Waals surface area contributed by atoms with Gasteiger partial charge in [-0.25, -0.2) is 4.79 Å². The molecule has 9 heteroatoms. The van der Waals surface area contributed by atoms with Crippen LogP contribution in [-0.4, -0.2) is 56.7 Å². The molecule has 0 radical (unpaired) electrons. The minimum atomic E-state index is -1.12. The highest BCUT2D eigenvalue weighted by Crippen LogP contribution is 2.29. The highest BCUT2D eigenvalue weighted by molar-refractivity contribution is 6.30.